The van der Waals surface area contributed by atoms with E-state index in [-0.39, 0.29) is 11.7 Å². The van der Waals surface area contributed by atoms with Gasteiger partial charge in [-0.25, -0.2) is 4.39 Å². The van der Waals surface area contributed by atoms with E-state index in [0.29, 0.717) is 12.1 Å². The lowest BCUT2D eigenvalue weighted by Gasteiger charge is -2.20. The maximum Gasteiger partial charge on any atom is 0.573 e. The molecule has 0 aliphatic carbocycles. The molecule has 37 heavy (non-hydrogen) atoms. The highest BCUT2D eigenvalue weighted by molar-refractivity contribution is 5.98. The van der Waals surface area contributed by atoms with Gasteiger partial charge in [0.05, 0.1) is 18.2 Å². The van der Waals surface area contributed by atoms with E-state index in [1.165, 1.54) is 22.3 Å². The first kappa shape index (κ1) is 29.4. The van der Waals surface area contributed by atoms with E-state index in [1.807, 2.05) is 5.32 Å². The minimum atomic E-state index is -5.32. The zero-order valence-electron chi connectivity index (χ0n) is 19.6. The van der Waals surface area contributed by atoms with Gasteiger partial charge in [-0.1, -0.05) is 0 Å². The van der Waals surface area contributed by atoms with Crippen molar-refractivity contribution < 1.29 is 49.9 Å². The number of hydrogen-bond acceptors (Lipinski definition) is 5. The molecular weight excluding hydrogens is 519 g/mol. The van der Waals surface area contributed by atoms with Gasteiger partial charge >= 0.3 is 12.5 Å². The lowest BCUT2D eigenvalue weighted by molar-refractivity contribution is -0.275. The zero-order valence-corrected chi connectivity index (χ0v) is 19.6. The molecule has 9 nitrogen and oxygen atoms in total. The Bertz CT molecular complexity index is 1150. The summed E-state index contributed by atoms with van der Waals surface area (Å²) in [5.41, 5.74) is -1.39. The normalized spacial score (nSPS) is 12.7. The van der Waals surface area contributed by atoms with E-state index >= 15 is 0 Å². The number of nitrogens with zero attached hydrogens (tertiary/aromatic N) is 2. The molecule has 2 aromatic rings. The van der Waals surface area contributed by atoms with Crippen LogP contribution in [0.2, 0.25) is 0 Å². The fourth-order valence-electron chi connectivity index (χ4n) is 3.05. The first-order valence-corrected chi connectivity index (χ1v) is 10.5. The topological polar surface area (TPSA) is 114 Å². The molecule has 0 aliphatic rings. The number of carbonyl (C=O) groups excluding carboxylic acids is 3. The van der Waals surface area contributed by atoms with Gasteiger partial charge in [-0.2, -0.15) is 18.3 Å². The Kier molecular flexibility index (Phi) is 9.11. The van der Waals surface area contributed by atoms with Crippen LogP contribution in [0.1, 0.15) is 48.8 Å². The van der Waals surface area contributed by atoms with E-state index in [0.717, 1.165) is 6.92 Å². The van der Waals surface area contributed by atoms with Crippen LogP contribution >= 0.6 is 0 Å². The molecule has 0 saturated carbocycles. The summed E-state index contributed by atoms with van der Waals surface area (Å²) in [7, 11) is 0. The van der Waals surface area contributed by atoms with Crippen molar-refractivity contribution in [2.75, 3.05) is 18.4 Å². The molecule has 1 unspecified atom stereocenters. The highest BCUT2D eigenvalue weighted by Crippen LogP contribution is 2.35. The summed E-state index contributed by atoms with van der Waals surface area (Å²) in [6.45, 7) is 2.00. The standard InChI is InChI=1S/C21H22F7N5O4/c1-10(2)33-15(4-5-31-33)19(36)29-8-17(34)32-14-7-16(37-21(26,27)28)12(6-13(14)22)11(3)18(35)30-9-20(23,24)25/h4-7,10-11H,8-9H2,1-3H3,(H,29,36)(H,30,35)(H,32,34). The van der Waals surface area contributed by atoms with Gasteiger partial charge in [0, 0.05) is 23.9 Å². The van der Waals surface area contributed by atoms with Crippen LogP contribution in [0.5, 0.6) is 5.75 Å². The second kappa shape index (κ2) is 11.5. The highest BCUT2D eigenvalue weighted by Gasteiger charge is 2.35. The second-order valence-corrected chi connectivity index (χ2v) is 7.96. The molecule has 1 aromatic carbocycles. The number of carbonyl (C=O) groups is 3. The van der Waals surface area contributed by atoms with Crippen LogP contribution in [0.25, 0.3) is 0 Å². The van der Waals surface area contributed by atoms with Gasteiger partial charge in [-0.05, 0) is 32.9 Å². The molecule has 3 amide bonds. The van der Waals surface area contributed by atoms with E-state index in [1.54, 1.807) is 13.8 Å². The van der Waals surface area contributed by atoms with Crippen molar-refractivity contribution in [3.8, 4) is 5.75 Å². The Balaban J connectivity index is 2.20. The molecule has 0 bridgehead atoms. The molecular formula is C21H22F7N5O4. The van der Waals surface area contributed by atoms with Crippen LogP contribution in [0.3, 0.4) is 0 Å². The average molecular weight is 541 g/mol. The zero-order chi connectivity index (χ0) is 28.1. The summed E-state index contributed by atoms with van der Waals surface area (Å²) in [6.07, 6.45) is -8.74. The lowest BCUT2D eigenvalue weighted by Crippen LogP contribution is -2.36. The number of anilines is 1. The fraction of sp³-hybridized carbons (Fsp3) is 0.429. The predicted octanol–water partition coefficient (Wildman–Crippen LogP) is 3.65. The van der Waals surface area contributed by atoms with Gasteiger partial charge < -0.3 is 20.7 Å². The number of nitrogens with one attached hydrogen (secondary N) is 3. The van der Waals surface area contributed by atoms with Crippen LogP contribution in [-0.4, -0.2) is 53.1 Å². The maximum atomic E-state index is 14.6. The smallest absolute Gasteiger partial charge is 0.405 e. The molecule has 1 aromatic heterocycles. The number of amides is 3. The molecule has 0 aliphatic heterocycles. The molecule has 0 radical (unpaired) electrons. The van der Waals surface area contributed by atoms with E-state index in [9.17, 15) is 45.1 Å². The largest absolute Gasteiger partial charge is 0.573 e. The minimum Gasteiger partial charge on any atom is -0.405 e. The minimum absolute atomic E-state index is 0.122. The number of aromatic nitrogens is 2. The molecule has 204 valence electrons. The number of benzene rings is 1. The summed E-state index contributed by atoms with van der Waals surface area (Å²) in [6, 6.07) is 2.06. The Morgan fingerprint density at radius 1 is 1.05 bits per heavy atom. The summed E-state index contributed by atoms with van der Waals surface area (Å²) < 4.78 is 95.6. The van der Waals surface area contributed by atoms with Crippen LogP contribution in [-0.2, 0) is 9.59 Å². The Labute approximate surface area is 205 Å². The number of rotatable bonds is 9. The van der Waals surface area contributed by atoms with Gasteiger partial charge in [0.15, 0.2) is 0 Å². The van der Waals surface area contributed by atoms with Gasteiger partial charge in [0.25, 0.3) is 5.91 Å². The van der Waals surface area contributed by atoms with E-state index in [2.05, 4.69) is 15.2 Å². The fourth-order valence-corrected chi connectivity index (χ4v) is 3.05. The van der Waals surface area contributed by atoms with Crippen molar-refractivity contribution in [3.05, 3.63) is 41.5 Å². The third kappa shape index (κ3) is 8.64. The summed E-state index contributed by atoms with van der Waals surface area (Å²) in [4.78, 5) is 36.5. The van der Waals surface area contributed by atoms with Crippen LogP contribution in [0.4, 0.5) is 36.4 Å². The monoisotopic (exact) mass is 541 g/mol. The summed E-state index contributed by atoms with van der Waals surface area (Å²) in [5.74, 6) is -7.18. The van der Waals surface area contributed by atoms with Crippen LogP contribution in [0, 0.1) is 5.82 Å². The Morgan fingerprint density at radius 3 is 2.27 bits per heavy atom. The van der Waals surface area contributed by atoms with Crippen molar-refractivity contribution >= 4 is 23.4 Å². The molecule has 3 N–H and O–H groups in total. The van der Waals surface area contributed by atoms with E-state index in [4.69, 9.17) is 0 Å². The van der Waals surface area contributed by atoms with Gasteiger partial charge in [-0.15, -0.1) is 13.2 Å². The number of halogens is 7. The number of ether oxygens (including phenoxy) is 1. The van der Waals surface area contributed by atoms with Gasteiger partial charge in [-0.3, -0.25) is 19.1 Å². The van der Waals surface area contributed by atoms with Crippen molar-refractivity contribution in [1.82, 2.24) is 20.4 Å². The Morgan fingerprint density at radius 2 is 1.70 bits per heavy atom. The molecule has 1 heterocycles. The maximum absolute atomic E-state index is 14.6. The van der Waals surface area contributed by atoms with Crippen LogP contribution in [0.15, 0.2) is 24.4 Å². The lowest BCUT2D eigenvalue weighted by atomic mass is 9.98. The third-order valence-electron chi connectivity index (χ3n) is 4.72. The van der Waals surface area contributed by atoms with E-state index < -0.39 is 72.1 Å². The van der Waals surface area contributed by atoms with Crippen molar-refractivity contribution in [2.45, 2.75) is 45.3 Å². The summed E-state index contributed by atoms with van der Waals surface area (Å²) in [5, 5.41) is 9.66. The van der Waals surface area contributed by atoms with Crippen molar-refractivity contribution in [2.24, 2.45) is 0 Å². The molecule has 0 saturated heterocycles. The number of hydrogen-bond donors (Lipinski definition) is 3. The predicted molar refractivity (Wildman–Crippen MR) is 114 cm³/mol. The second-order valence-electron chi connectivity index (χ2n) is 7.96. The number of alkyl halides is 6. The molecule has 0 spiro atoms. The average Bonchev–Trinajstić information content (AvgIpc) is 3.26. The molecule has 0 fully saturated rings. The molecule has 16 heteroatoms. The Hall–Kier alpha value is -3.85. The van der Waals surface area contributed by atoms with Crippen molar-refractivity contribution in [1.29, 1.82) is 0 Å². The molecule has 1 atom stereocenters. The van der Waals surface area contributed by atoms with Crippen LogP contribution < -0.4 is 20.7 Å². The molecule has 2 rings (SSSR count). The quantitative estimate of drug-likeness (QED) is 0.420. The summed E-state index contributed by atoms with van der Waals surface area (Å²) >= 11 is 0. The van der Waals surface area contributed by atoms with Crippen molar-refractivity contribution in [3.63, 3.8) is 0 Å². The first-order chi connectivity index (χ1) is 17.0. The third-order valence-corrected chi connectivity index (χ3v) is 4.72. The highest BCUT2D eigenvalue weighted by atomic mass is 19.4. The van der Waals surface area contributed by atoms with Gasteiger partial charge in [0.1, 0.15) is 23.8 Å². The SMILES string of the molecule is CC(C(=O)NCC(F)(F)F)c1cc(F)c(NC(=O)CNC(=O)c2ccnn2C(C)C)cc1OC(F)(F)F. The van der Waals surface area contributed by atoms with Gasteiger partial charge in [0.2, 0.25) is 11.8 Å². The first-order valence-electron chi connectivity index (χ1n) is 10.5.